The number of aromatic hydroxyl groups is 2. The summed E-state index contributed by atoms with van der Waals surface area (Å²) in [4.78, 5) is 22.0. The van der Waals surface area contributed by atoms with Crippen LogP contribution in [0.25, 0.3) is 0 Å². The summed E-state index contributed by atoms with van der Waals surface area (Å²) in [5, 5.41) is 31.1. The van der Waals surface area contributed by atoms with Gasteiger partial charge in [-0.05, 0) is 341 Å². The maximum atomic E-state index is 12.5. The Kier molecular flexibility index (Phi) is 40.5. The normalized spacial score (nSPS) is 21.6. The Morgan fingerprint density at radius 3 is 0.952 bits per heavy atom. The highest BCUT2D eigenvalue weighted by Gasteiger charge is 2.46. The van der Waals surface area contributed by atoms with Gasteiger partial charge >= 0.3 is 12.4 Å². The number of halogens is 8. The van der Waals surface area contributed by atoms with Crippen LogP contribution in [0.4, 0.5) is 26.3 Å². The smallest absolute Gasteiger partial charge is 0.416 e. The number of hydrogen-bond donors (Lipinski definition) is 5. The maximum absolute atomic E-state index is 12.5. The second kappa shape index (κ2) is 47.9. The molecule has 8 aliphatic rings. The van der Waals surface area contributed by atoms with Gasteiger partial charge in [-0.3, -0.25) is 34.3 Å². The molecule has 5 aromatic rings. The third-order valence-corrected chi connectivity index (χ3v) is 27.4. The van der Waals surface area contributed by atoms with Crippen molar-refractivity contribution >= 4 is 23.2 Å². The number of nitrogens with one attached hydrogen (secondary N) is 3. The molecule has 4 atom stereocenters. The van der Waals surface area contributed by atoms with Gasteiger partial charge in [-0.25, -0.2) is 0 Å². The number of likely N-dealkylation sites (tertiary alicyclic amines) is 8. The highest BCUT2D eigenvalue weighted by Crippen LogP contribution is 2.38. The number of phenolic OH excluding ortho intramolecular Hbond substituents is 2. The minimum Gasteiger partial charge on any atom is -0.508 e. The van der Waals surface area contributed by atoms with E-state index in [1.54, 1.807) is 41.3 Å². The Bertz CT molecular complexity index is 3680. The Balaban J connectivity index is 0.000000185. The lowest BCUT2D eigenvalue weighted by Gasteiger charge is -2.43. The van der Waals surface area contributed by atoms with E-state index in [0.29, 0.717) is 89.4 Å². The molecule has 8 heterocycles. The molecule has 0 aromatic heterocycles. The predicted octanol–water partition coefficient (Wildman–Crippen LogP) is 19.5. The van der Waals surface area contributed by atoms with Crippen molar-refractivity contribution in [1.29, 1.82) is 0 Å². The average molecular weight is 1780 g/mol. The van der Waals surface area contributed by atoms with Gasteiger partial charge in [0.2, 0.25) is 0 Å². The van der Waals surface area contributed by atoms with Gasteiger partial charge < -0.3 is 40.7 Å². The Morgan fingerprint density at radius 1 is 0.363 bits per heavy atom. The molecule has 5 aromatic carbocycles. The zero-order valence-corrected chi connectivity index (χ0v) is 81.0. The predicted molar refractivity (Wildman–Crippen MR) is 505 cm³/mol. The number of piperidine rings is 4. The molecular weight excluding hydrogens is 1610 g/mol. The lowest BCUT2D eigenvalue weighted by molar-refractivity contribution is -0.144. The molecule has 0 amide bonds. The summed E-state index contributed by atoms with van der Waals surface area (Å²) < 4.78 is 80.3. The van der Waals surface area contributed by atoms with Crippen molar-refractivity contribution in [2.24, 2.45) is 23.7 Å². The molecule has 8 aliphatic heterocycles. The number of hydrogen-bond acceptors (Lipinski definition) is 15. The molecule has 0 saturated carbocycles. The summed E-state index contributed by atoms with van der Waals surface area (Å²) in [5.74, 6) is 3.25. The second-order valence-electron chi connectivity index (χ2n) is 42.6. The molecule has 0 aliphatic carbocycles. The first-order chi connectivity index (χ1) is 58.0. The van der Waals surface area contributed by atoms with Crippen molar-refractivity contribution in [3.05, 3.63) is 165 Å². The van der Waals surface area contributed by atoms with E-state index < -0.39 is 24.5 Å². The van der Waals surface area contributed by atoms with Crippen LogP contribution in [-0.4, -0.2) is 276 Å². The van der Waals surface area contributed by atoms with Gasteiger partial charge in [-0.1, -0.05) is 83.9 Å². The third kappa shape index (κ3) is 37.3. The van der Waals surface area contributed by atoms with Crippen molar-refractivity contribution in [2.45, 2.75) is 278 Å². The number of ether oxygens (including phenoxy) is 1. The van der Waals surface area contributed by atoms with E-state index in [1.165, 1.54) is 126 Å². The summed E-state index contributed by atoms with van der Waals surface area (Å²) in [6.45, 7) is 64.3. The minimum atomic E-state index is -4.25. The molecule has 0 spiro atoms. The lowest BCUT2D eigenvalue weighted by atomic mass is 9.97. The molecule has 124 heavy (non-hydrogen) atoms. The fraction of sp³-hybridized carbons (Fsp3) is 0.703. The fourth-order valence-corrected chi connectivity index (χ4v) is 18.9. The monoisotopic (exact) mass is 1780 g/mol. The van der Waals surface area contributed by atoms with Crippen molar-refractivity contribution in [3.8, 4) is 11.5 Å². The Hall–Kier alpha value is -4.66. The van der Waals surface area contributed by atoms with E-state index in [-0.39, 0.29) is 11.1 Å². The van der Waals surface area contributed by atoms with Gasteiger partial charge in [0.05, 0.1) is 25.3 Å². The van der Waals surface area contributed by atoms with Crippen LogP contribution >= 0.6 is 23.2 Å². The number of rotatable bonds is 22. The molecule has 8 fully saturated rings. The van der Waals surface area contributed by atoms with Crippen LogP contribution < -0.4 is 16.0 Å². The third-order valence-electron chi connectivity index (χ3n) is 26.9. The van der Waals surface area contributed by atoms with Crippen LogP contribution in [0.1, 0.15) is 209 Å². The molecule has 700 valence electrons. The van der Waals surface area contributed by atoms with E-state index >= 15 is 0 Å². The average Bonchev–Trinajstić information content (AvgIpc) is 1.64. The fourth-order valence-electron chi connectivity index (χ4n) is 18.6. The summed E-state index contributed by atoms with van der Waals surface area (Å²) in [6, 6.07) is 39.2. The number of nitrogens with zero attached hydrogens (tertiary/aromatic N) is 9. The van der Waals surface area contributed by atoms with Crippen molar-refractivity contribution in [3.63, 3.8) is 0 Å². The Morgan fingerprint density at radius 2 is 0.645 bits per heavy atom. The molecule has 8 saturated heterocycles. The van der Waals surface area contributed by atoms with Crippen molar-refractivity contribution in [1.82, 2.24) is 60.0 Å². The van der Waals surface area contributed by atoms with Crippen molar-refractivity contribution < 1.29 is 41.3 Å². The zero-order chi connectivity index (χ0) is 91.0. The highest BCUT2D eigenvalue weighted by molar-refractivity contribution is 6.30. The molecule has 23 heteroatoms. The molecule has 0 bridgehead atoms. The highest BCUT2D eigenvalue weighted by atomic mass is 35.5. The number of likely N-dealkylation sites (N-methyl/N-ethyl adjacent to an activating group) is 1. The standard InChI is InChI=1S/C19H29ClN2O.C18H27F3N2.C18H30N2O.C17H27ClN2.C17H28N2O.C12H21F3N2/c1-19(2,3)22-12-16-10-21(11-17(16)13-22)8-9-23-14-15-4-6-18(20)7-5-15;1-17(2,3)23-12-9-16(10-13-23)22-11-8-14-4-6-15(7-5-14)18(19,20)21;1-18(2,3)20-13-10-16(11-14-20)19(4)12-9-15-5-7-17(21)8-6-15;1-17(2,3)20-12-9-16(10-13-20)19-11-8-14-4-6-15(18)7-5-14;1-17(2,3)19-12-9-15(10-13-19)18-11-8-14-4-6-16(20)7-5-14;1-11(2,3)17-6-9-4-16(5-10(9)7-17)8-12(13,14)15/h4-7,16-17H,8-14H2,1-3H3;4-7,16,22H,8-13H2,1-3H3;5-8,16,21H,9-14H2,1-4H3;4-7,16,19H,8-13H2,1-3H3;4-7,15,18,20H,8-13H2,1-3H3;9-10H,4-8H2,1-3H3/t16-,17+;;;;;9-,10+. The van der Waals surface area contributed by atoms with E-state index in [1.807, 2.05) is 60.7 Å². The van der Waals surface area contributed by atoms with Gasteiger partial charge in [-0.15, -0.1) is 0 Å². The molecular formula is C101H162Cl2F6N12O3. The second-order valence-corrected chi connectivity index (χ2v) is 43.5. The topological polar surface area (TPSA) is 115 Å². The minimum absolute atomic E-state index is 0.138. The van der Waals surface area contributed by atoms with Crippen LogP contribution in [0.5, 0.6) is 11.5 Å². The largest absolute Gasteiger partial charge is 0.508 e. The van der Waals surface area contributed by atoms with Crippen LogP contribution in [0.15, 0.2) is 121 Å². The maximum Gasteiger partial charge on any atom is 0.416 e. The summed E-state index contributed by atoms with van der Waals surface area (Å²) in [5.41, 5.74) is 7.08. The van der Waals surface area contributed by atoms with Crippen LogP contribution in [0.3, 0.4) is 0 Å². The summed E-state index contributed by atoms with van der Waals surface area (Å²) in [7, 11) is 2.25. The molecule has 0 unspecified atom stereocenters. The van der Waals surface area contributed by atoms with E-state index in [2.05, 4.69) is 199 Å². The molecule has 5 N–H and O–H groups in total. The van der Waals surface area contributed by atoms with Gasteiger partial charge in [0, 0.05) is 185 Å². The van der Waals surface area contributed by atoms with Gasteiger partial charge in [0.25, 0.3) is 0 Å². The van der Waals surface area contributed by atoms with Crippen molar-refractivity contribution in [2.75, 3.05) is 158 Å². The summed E-state index contributed by atoms with van der Waals surface area (Å²) in [6.07, 6.45) is 5.42. The number of fused-ring (bicyclic) bond motifs is 2. The number of benzene rings is 5. The molecule has 0 radical (unpaired) electrons. The SMILES string of the molecule is CC(C)(C)N1CCC(NCCc2ccc(C(F)(F)F)cc2)CC1.CC(C)(C)N1CCC(NCCc2ccc(Cl)cc2)CC1.CC(C)(C)N1CCC(NCCc2ccc(O)cc2)CC1.CC(C)(C)N1C[C@H]2CN(CC(F)(F)F)C[C@H]2C1.CC(C)(C)N1C[C@H]2CN(CCOCc3ccc(Cl)cc3)C[C@H]2C1.CN(CCc1ccc(O)cc1)C1CCN(C(C)(C)C)CC1. The quantitative estimate of drug-likeness (QED) is 0.0334. The van der Waals surface area contributed by atoms with Crippen LogP contribution in [0.2, 0.25) is 10.0 Å². The molecule has 15 nitrogen and oxygen atoms in total. The zero-order valence-electron chi connectivity index (χ0n) is 79.5. The number of alkyl halides is 6. The first-order valence-electron chi connectivity index (χ1n) is 46.7. The van der Waals surface area contributed by atoms with E-state index in [9.17, 15) is 36.6 Å². The van der Waals surface area contributed by atoms with Gasteiger partial charge in [0.15, 0.2) is 0 Å². The van der Waals surface area contributed by atoms with Gasteiger partial charge in [0.1, 0.15) is 11.5 Å². The summed E-state index contributed by atoms with van der Waals surface area (Å²) >= 11 is 11.8. The van der Waals surface area contributed by atoms with Gasteiger partial charge in [-0.2, -0.15) is 26.3 Å². The first kappa shape index (κ1) is 105. The van der Waals surface area contributed by atoms with Crippen LogP contribution in [-0.2, 0) is 43.2 Å². The van der Waals surface area contributed by atoms with E-state index in [0.717, 1.165) is 144 Å². The molecule has 13 rings (SSSR count). The Labute approximate surface area is 755 Å². The number of phenols is 2. The first-order valence-corrected chi connectivity index (χ1v) is 47.5. The lowest BCUT2D eigenvalue weighted by Crippen LogP contribution is -2.50. The van der Waals surface area contributed by atoms with E-state index in [4.69, 9.17) is 27.9 Å². The van der Waals surface area contributed by atoms with Crippen LogP contribution in [0, 0.1) is 23.7 Å².